The van der Waals surface area contributed by atoms with Crippen molar-refractivity contribution in [1.29, 1.82) is 0 Å². The highest BCUT2D eigenvalue weighted by molar-refractivity contribution is 4.88. The molecule has 0 unspecified atom stereocenters. The van der Waals surface area contributed by atoms with Crippen LogP contribution in [0.25, 0.3) is 0 Å². The second-order valence-electron chi connectivity index (χ2n) is 5.64. The Hall–Kier alpha value is -0.120. The van der Waals surface area contributed by atoms with Gasteiger partial charge in [-0.15, -0.1) is 0 Å². The Bertz CT molecular complexity index is 198. The first kappa shape index (κ1) is 13.9. The van der Waals surface area contributed by atoms with Gasteiger partial charge in [-0.25, -0.2) is 0 Å². The lowest BCUT2D eigenvalue weighted by atomic mass is 9.88. The first-order valence-corrected chi connectivity index (χ1v) is 6.58. The average Bonchev–Trinajstić information content (AvgIpc) is 2.29. The van der Waals surface area contributed by atoms with Crippen molar-refractivity contribution in [1.82, 2.24) is 10.2 Å². The number of aliphatic hydroxyl groups is 1. The summed E-state index contributed by atoms with van der Waals surface area (Å²) in [5, 5.41) is 12.9. The number of likely N-dealkylation sites (N-methyl/N-ethyl adjacent to an activating group) is 1. The number of aliphatic hydroxyl groups excluding tert-OH is 1. The fourth-order valence-electron chi connectivity index (χ4n) is 2.56. The second-order valence-corrected chi connectivity index (χ2v) is 5.64. The van der Waals surface area contributed by atoms with Crippen LogP contribution in [0.5, 0.6) is 0 Å². The molecule has 0 aliphatic heterocycles. The monoisotopic (exact) mass is 228 g/mol. The lowest BCUT2D eigenvalue weighted by molar-refractivity contribution is 0.0284. The quantitative estimate of drug-likeness (QED) is 0.750. The molecular formula is C13H28N2O. The van der Waals surface area contributed by atoms with Gasteiger partial charge < -0.3 is 10.4 Å². The summed E-state index contributed by atoms with van der Waals surface area (Å²) < 4.78 is 0. The number of hydrogen-bond donors (Lipinski definition) is 2. The van der Waals surface area contributed by atoms with Gasteiger partial charge >= 0.3 is 0 Å². The molecule has 0 aromatic carbocycles. The molecule has 0 aromatic rings. The van der Waals surface area contributed by atoms with Crippen LogP contribution in [-0.2, 0) is 0 Å². The van der Waals surface area contributed by atoms with Gasteiger partial charge in [0.15, 0.2) is 0 Å². The molecule has 1 fully saturated rings. The molecule has 3 nitrogen and oxygen atoms in total. The van der Waals surface area contributed by atoms with Crippen molar-refractivity contribution in [3.63, 3.8) is 0 Å². The Morgan fingerprint density at radius 2 is 1.81 bits per heavy atom. The van der Waals surface area contributed by atoms with E-state index in [1.807, 2.05) is 0 Å². The number of hydrogen-bond acceptors (Lipinski definition) is 3. The number of rotatable bonds is 5. The summed E-state index contributed by atoms with van der Waals surface area (Å²) in [5.74, 6) is 0. The van der Waals surface area contributed by atoms with E-state index < -0.39 is 0 Å². The Morgan fingerprint density at radius 3 is 2.25 bits per heavy atom. The Morgan fingerprint density at radius 1 is 1.25 bits per heavy atom. The molecule has 0 bridgehead atoms. The van der Waals surface area contributed by atoms with Crippen molar-refractivity contribution in [3.8, 4) is 0 Å². The minimum absolute atomic E-state index is 0.0876. The summed E-state index contributed by atoms with van der Waals surface area (Å²) in [6, 6.07) is 1.35. The zero-order valence-electron chi connectivity index (χ0n) is 11.3. The van der Waals surface area contributed by atoms with Crippen molar-refractivity contribution in [2.24, 2.45) is 0 Å². The minimum Gasteiger partial charge on any atom is -0.394 e. The van der Waals surface area contributed by atoms with E-state index in [2.05, 4.69) is 38.0 Å². The molecular weight excluding hydrogens is 200 g/mol. The molecule has 0 heterocycles. The van der Waals surface area contributed by atoms with E-state index in [4.69, 9.17) is 0 Å². The molecule has 3 heteroatoms. The van der Waals surface area contributed by atoms with E-state index >= 15 is 0 Å². The highest BCUT2D eigenvalue weighted by atomic mass is 16.3. The maximum absolute atomic E-state index is 9.38. The number of nitrogens with one attached hydrogen (secondary N) is 1. The van der Waals surface area contributed by atoms with Gasteiger partial charge in [-0.05, 0) is 53.1 Å². The molecule has 1 rings (SSSR count). The van der Waals surface area contributed by atoms with Crippen LogP contribution in [0.2, 0.25) is 0 Å². The molecule has 0 atom stereocenters. The smallest absolute Gasteiger partial charge is 0.0610 e. The zero-order valence-corrected chi connectivity index (χ0v) is 11.3. The van der Waals surface area contributed by atoms with Gasteiger partial charge in [0.05, 0.1) is 6.61 Å². The van der Waals surface area contributed by atoms with Gasteiger partial charge in [-0.2, -0.15) is 0 Å². The van der Waals surface area contributed by atoms with Gasteiger partial charge in [-0.3, -0.25) is 4.90 Å². The van der Waals surface area contributed by atoms with Gasteiger partial charge in [0.1, 0.15) is 0 Å². The predicted octanol–water partition coefficient (Wildman–Crippen LogP) is 1.61. The van der Waals surface area contributed by atoms with Crippen LogP contribution >= 0.6 is 0 Å². The highest BCUT2D eigenvalue weighted by Crippen LogP contribution is 2.26. The van der Waals surface area contributed by atoms with Crippen LogP contribution in [-0.4, -0.2) is 47.8 Å². The van der Waals surface area contributed by atoms with E-state index in [0.29, 0.717) is 12.1 Å². The van der Waals surface area contributed by atoms with Gasteiger partial charge in [-0.1, -0.05) is 6.92 Å². The third-order valence-electron chi connectivity index (χ3n) is 4.08. The lowest BCUT2D eigenvalue weighted by Gasteiger charge is -2.43. The Kier molecular flexibility index (Phi) is 5.22. The molecule has 0 radical (unpaired) electrons. The number of nitrogens with zero attached hydrogens (tertiary/aromatic N) is 1. The van der Waals surface area contributed by atoms with Gasteiger partial charge in [0, 0.05) is 17.6 Å². The molecule has 0 amide bonds. The third-order valence-corrected chi connectivity index (χ3v) is 4.08. The Balaban J connectivity index is 2.41. The van der Waals surface area contributed by atoms with Crippen LogP contribution in [0.3, 0.4) is 0 Å². The molecule has 96 valence electrons. The van der Waals surface area contributed by atoms with E-state index in [1.165, 1.54) is 25.7 Å². The highest BCUT2D eigenvalue weighted by Gasteiger charge is 2.31. The minimum atomic E-state index is -0.0876. The first-order chi connectivity index (χ1) is 7.51. The summed E-state index contributed by atoms with van der Waals surface area (Å²) >= 11 is 0. The predicted molar refractivity (Wildman–Crippen MR) is 68.6 cm³/mol. The van der Waals surface area contributed by atoms with Crippen LogP contribution in [0.15, 0.2) is 0 Å². The van der Waals surface area contributed by atoms with Crippen LogP contribution in [0, 0.1) is 0 Å². The molecule has 16 heavy (non-hydrogen) atoms. The van der Waals surface area contributed by atoms with Crippen LogP contribution < -0.4 is 5.32 Å². The standard InChI is InChI=1S/C13H28N2O/c1-5-14-11-6-8-12(9-7-11)15(4)13(2,3)10-16/h11-12,14,16H,5-10H2,1-4H3. The SMILES string of the molecule is CCNC1CCC(N(C)C(C)(C)CO)CC1. The normalized spacial score (nSPS) is 27.4. The third kappa shape index (κ3) is 3.44. The summed E-state index contributed by atoms with van der Waals surface area (Å²) in [6.07, 6.45) is 5.03. The summed E-state index contributed by atoms with van der Waals surface area (Å²) in [4.78, 5) is 2.36. The lowest BCUT2D eigenvalue weighted by Crippen LogP contribution is -2.51. The maximum Gasteiger partial charge on any atom is 0.0610 e. The summed E-state index contributed by atoms with van der Waals surface area (Å²) in [7, 11) is 2.15. The fourth-order valence-corrected chi connectivity index (χ4v) is 2.56. The Labute approximate surface area is 100 Å². The molecule has 1 aliphatic carbocycles. The first-order valence-electron chi connectivity index (χ1n) is 6.58. The van der Waals surface area contributed by atoms with Crippen molar-refractivity contribution in [2.75, 3.05) is 20.2 Å². The van der Waals surface area contributed by atoms with Crippen molar-refractivity contribution in [2.45, 2.75) is 64.1 Å². The van der Waals surface area contributed by atoms with Crippen LogP contribution in [0.1, 0.15) is 46.5 Å². The summed E-state index contributed by atoms with van der Waals surface area (Å²) in [6.45, 7) is 7.71. The van der Waals surface area contributed by atoms with Crippen molar-refractivity contribution >= 4 is 0 Å². The molecule has 2 N–H and O–H groups in total. The van der Waals surface area contributed by atoms with E-state index in [9.17, 15) is 5.11 Å². The van der Waals surface area contributed by atoms with E-state index in [1.54, 1.807) is 0 Å². The van der Waals surface area contributed by atoms with Crippen molar-refractivity contribution in [3.05, 3.63) is 0 Å². The average molecular weight is 228 g/mol. The van der Waals surface area contributed by atoms with Gasteiger partial charge in [0.25, 0.3) is 0 Å². The molecule has 1 aliphatic rings. The van der Waals surface area contributed by atoms with E-state index in [-0.39, 0.29) is 12.1 Å². The zero-order chi connectivity index (χ0) is 12.2. The van der Waals surface area contributed by atoms with E-state index in [0.717, 1.165) is 6.54 Å². The summed E-state index contributed by atoms with van der Waals surface area (Å²) in [5.41, 5.74) is -0.0876. The maximum atomic E-state index is 9.38. The second kappa shape index (κ2) is 5.99. The molecule has 0 saturated heterocycles. The van der Waals surface area contributed by atoms with Crippen molar-refractivity contribution < 1.29 is 5.11 Å². The molecule has 1 saturated carbocycles. The van der Waals surface area contributed by atoms with Crippen LogP contribution in [0.4, 0.5) is 0 Å². The molecule has 0 aromatic heterocycles. The van der Waals surface area contributed by atoms with Gasteiger partial charge in [0.2, 0.25) is 0 Å². The fraction of sp³-hybridized carbons (Fsp3) is 1.00. The topological polar surface area (TPSA) is 35.5 Å². The largest absolute Gasteiger partial charge is 0.394 e. The molecule has 0 spiro atoms.